The number of rotatable bonds is 4. The summed E-state index contributed by atoms with van der Waals surface area (Å²) >= 11 is 0. The van der Waals surface area contributed by atoms with Gasteiger partial charge in [-0.2, -0.15) is 15.4 Å². The van der Waals surface area contributed by atoms with Gasteiger partial charge in [-0.05, 0) is 60.7 Å². The highest BCUT2D eigenvalue weighted by Crippen LogP contribution is 2.32. The molecule has 1 saturated heterocycles. The smallest absolute Gasteiger partial charge is 0.239 e. The fourth-order valence-corrected chi connectivity index (χ4v) is 2.78. The zero-order valence-corrected chi connectivity index (χ0v) is 14.5. The number of amides is 1. The van der Waals surface area contributed by atoms with Crippen molar-refractivity contribution in [2.45, 2.75) is 52.2 Å². The number of carbonyl (C=O) groups excluding carboxylic acids is 1. The molecule has 0 radical (unpaired) electrons. The summed E-state index contributed by atoms with van der Waals surface area (Å²) in [5.74, 6) is 0.435. The maximum absolute atomic E-state index is 11.6. The predicted molar refractivity (Wildman–Crippen MR) is 86.8 cm³/mol. The summed E-state index contributed by atoms with van der Waals surface area (Å²) < 4.78 is 1.79. The molecule has 2 heterocycles. The number of hydroxylamine groups is 1. The predicted octanol–water partition coefficient (Wildman–Crippen LogP) is 2.02. The lowest BCUT2D eigenvalue weighted by Crippen LogP contribution is -2.37. The molecule has 0 aliphatic carbocycles. The van der Waals surface area contributed by atoms with E-state index in [1.807, 2.05) is 20.8 Å². The van der Waals surface area contributed by atoms with Crippen LogP contribution in [0, 0.1) is 18.3 Å². The van der Waals surface area contributed by atoms with Crippen LogP contribution in [0.3, 0.4) is 0 Å². The molecule has 1 fully saturated rings. The molecule has 2 rings (SSSR count). The van der Waals surface area contributed by atoms with E-state index < -0.39 is 5.60 Å². The Morgan fingerprint density at radius 2 is 2.00 bits per heavy atom. The van der Waals surface area contributed by atoms with Crippen molar-refractivity contribution in [3.63, 3.8) is 0 Å². The maximum Gasteiger partial charge on any atom is 0.239 e. The monoisotopic (exact) mass is 319 g/mol. The molecule has 0 saturated carbocycles. The SMILES string of the molecule is Cc1nn(C2CCN(C)CC2)c(N(C=O)OC(C)(C)C)c1C#N. The van der Waals surface area contributed by atoms with E-state index in [1.54, 1.807) is 11.6 Å². The molecule has 0 aromatic carbocycles. The Morgan fingerprint density at radius 1 is 1.39 bits per heavy atom. The Morgan fingerprint density at radius 3 is 2.48 bits per heavy atom. The van der Waals surface area contributed by atoms with E-state index in [4.69, 9.17) is 4.84 Å². The van der Waals surface area contributed by atoms with Gasteiger partial charge in [-0.3, -0.25) is 9.63 Å². The fourth-order valence-electron chi connectivity index (χ4n) is 2.78. The van der Waals surface area contributed by atoms with Crippen molar-refractivity contribution in [2.75, 3.05) is 25.2 Å². The summed E-state index contributed by atoms with van der Waals surface area (Å²) in [5, 5.41) is 15.2. The molecule has 7 heteroatoms. The van der Waals surface area contributed by atoms with E-state index in [-0.39, 0.29) is 6.04 Å². The lowest BCUT2D eigenvalue weighted by molar-refractivity contribution is -0.120. The minimum Gasteiger partial charge on any atom is -0.306 e. The van der Waals surface area contributed by atoms with Crippen LogP contribution in [0.15, 0.2) is 0 Å². The topological polar surface area (TPSA) is 74.4 Å². The number of likely N-dealkylation sites (tertiary alicyclic amines) is 1. The first-order chi connectivity index (χ1) is 10.8. The molecule has 7 nitrogen and oxygen atoms in total. The zero-order chi connectivity index (χ0) is 17.2. The quantitative estimate of drug-likeness (QED) is 0.627. The summed E-state index contributed by atoms with van der Waals surface area (Å²) in [5.41, 5.74) is 0.453. The van der Waals surface area contributed by atoms with E-state index >= 15 is 0 Å². The van der Waals surface area contributed by atoms with Crippen molar-refractivity contribution in [3.8, 4) is 6.07 Å². The van der Waals surface area contributed by atoms with Crippen molar-refractivity contribution in [2.24, 2.45) is 0 Å². The molecule has 0 bridgehead atoms. The van der Waals surface area contributed by atoms with E-state index in [0.717, 1.165) is 31.0 Å². The Labute approximate surface area is 137 Å². The standard InChI is InChI=1S/C16H25N5O2/c1-12-14(10-17)15(20(11-22)23-16(2,3)4)21(18-12)13-6-8-19(5)9-7-13/h11,13H,6-9H2,1-5H3. The second-order valence-corrected chi connectivity index (χ2v) is 7.01. The summed E-state index contributed by atoms with van der Waals surface area (Å²) in [6.07, 6.45) is 2.46. The molecular formula is C16H25N5O2. The molecule has 0 unspecified atom stereocenters. The number of hydrogen-bond donors (Lipinski definition) is 0. The molecule has 1 aliphatic rings. The van der Waals surface area contributed by atoms with Crippen LogP contribution in [-0.2, 0) is 9.63 Å². The highest BCUT2D eigenvalue weighted by atomic mass is 16.7. The van der Waals surface area contributed by atoms with Crippen LogP contribution in [0.5, 0.6) is 0 Å². The van der Waals surface area contributed by atoms with Crippen molar-refractivity contribution in [3.05, 3.63) is 11.3 Å². The van der Waals surface area contributed by atoms with Gasteiger partial charge in [0.05, 0.1) is 17.3 Å². The van der Waals surface area contributed by atoms with Crippen LogP contribution in [0.25, 0.3) is 0 Å². The maximum atomic E-state index is 11.6. The first-order valence-corrected chi connectivity index (χ1v) is 7.88. The summed E-state index contributed by atoms with van der Waals surface area (Å²) in [6.45, 7) is 9.29. The number of hydrogen-bond acceptors (Lipinski definition) is 5. The summed E-state index contributed by atoms with van der Waals surface area (Å²) in [6, 6.07) is 2.32. The van der Waals surface area contributed by atoms with Crippen LogP contribution < -0.4 is 5.06 Å². The zero-order valence-electron chi connectivity index (χ0n) is 14.5. The molecule has 1 aromatic rings. The van der Waals surface area contributed by atoms with Gasteiger partial charge in [0.2, 0.25) is 6.41 Å². The van der Waals surface area contributed by atoms with Crippen LogP contribution in [0.1, 0.15) is 50.9 Å². The molecule has 0 atom stereocenters. The van der Waals surface area contributed by atoms with Crippen LogP contribution >= 0.6 is 0 Å². The van der Waals surface area contributed by atoms with Gasteiger partial charge in [0.1, 0.15) is 11.6 Å². The van der Waals surface area contributed by atoms with Crippen molar-refractivity contribution >= 4 is 12.2 Å². The number of aromatic nitrogens is 2. The third-order valence-corrected chi connectivity index (χ3v) is 3.88. The molecule has 1 aromatic heterocycles. The first-order valence-electron chi connectivity index (χ1n) is 7.88. The van der Waals surface area contributed by atoms with E-state index in [9.17, 15) is 10.1 Å². The molecule has 1 amide bonds. The normalized spacial score (nSPS) is 17.0. The second-order valence-electron chi connectivity index (χ2n) is 7.01. The van der Waals surface area contributed by atoms with Crippen molar-refractivity contribution < 1.29 is 9.63 Å². The largest absolute Gasteiger partial charge is 0.306 e. The molecule has 23 heavy (non-hydrogen) atoms. The molecule has 126 valence electrons. The number of nitrogens with zero attached hydrogens (tertiary/aromatic N) is 5. The molecular weight excluding hydrogens is 294 g/mol. The third kappa shape index (κ3) is 3.89. The lowest BCUT2D eigenvalue weighted by atomic mass is 10.1. The number of piperidine rings is 1. The lowest BCUT2D eigenvalue weighted by Gasteiger charge is -2.32. The fraction of sp³-hybridized carbons (Fsp3) is 0.688. The van der Waals surface area contributed by atoms with Gasteiger partial charge in [0.15, 0.2) is 5.82 Å². The van der Waals surface area contributed by atoms with Gasteiger partial charge in [-0.25, -0.2) is 4.68 Å². The van der Waals surface area contributed by atoms with Gasteiger partial charge in [-0.1, -0.05) is 0 Å². The van der Waals surface area contributed by atoms with E-state index in [2.05, 4.69) is 23.1 Å². The number of anilines is 1. The molecule has 1 aliphatic heterocycles. The van der Waals surface area contributed by atoms with Gasteiger partial charge in [0, 0.05) is 0 Å². The Kier molecular flexibility index (Phi) is 5.07. The summed E-state index contributed by atoms with van der Waals surface area (Å²) in [4.78, 5) is 19.6. The first kappa shape index (κ1) is 17.4. The van der Waals surface area contributed by atoms with Gasteiger partial charge in [0.25, 0.3) is 0 Å². The Balaban J connectivity index is 2.43. The number of aryl methyl sites for hydroxylation is 1. The van der Waals surface area contributed by atoms with Gasteiger partial charge in [-0.15, -0.1) is 0 Å². The van der Waals surface area contributed by atoms with Gasteiger partial charge < -0.3 is 4.90 Å². The second kappa shape index (κ2) is 6.69. The average Bonchev–Trinajstić information content (AvgIpc) is 2.81. The van der Waals surface area contributed by atoms with Crippen molar-refractivity contribution in [1.29, 1.82) is 5.26 Å². The highest BCUT2D eigenvalue weighted by molar-refractivity contribution is 5.74. The number of nitriles is 1. The highest BCUT2D eigenvalue weighted by Gasteiger charge is 2.30. The van der Waals surface area contributed by atoms with E-state index in [0.29, 0.717) is 23.5 Å². The van der Waals surface area contributed by atoms with E-state index in [1.165, 1.54) is 0 Å². The minimum atomic E-state index is -0.552. The minimum absolute atomic E-state index is 0.160. The Hall–Kier alpha value is -1.91. The van der Waals surface area contributed by atoms with Crippen LogP contribution in [0.4, 0.5) is 5.82 Å². The molecule has 0 N–H and O–H groups in total. The van der Waals surface area contributed by atoms with Crippen LogP contribution in [-0.4, -0.2) is 46.8 Å². The summed E-state index contributed by atoms with van der Waals surface area (Å²) in [7, 11) is 2.09. The van der Waals surface area contributed by atoms with Crippen LogP contribution in [0.2, 0.25) is 0 Å². The van der Waals surface area contributed by atoms with Gasteiger partial charge >= 0.3 is 0 Å². The van der Waals surface area contributed by atoms with Crippen molar-refractivity contribution in [1.82, 2.24) is 14.7 Å². The third-order valence-electron chi connectivity index (χ3n) is 3.88. The average molecular weight is 319 g/mol. The molecule has 0 spiro atoms. The Bertz CT molecular complexity index is 603. The number of carbonyl (C=O) groups is 1.